The Morgan fingerprint density at radius 2 is 2.09 bits per heavy atom. The zero-order chi connectivity index (χ0) is 15.9. The lowest BCUT2D eigenvalue weighted by atomic mass is 9.96. The van der Waals surface area contributed by atoms with Crippen LogP contribution in [0.5, 0.6) is 0 Å². The fourth-order valence-corrected chi connectivity index (χ4v) is 2.90. The number of thiocarbonyl (C=S) groups is 1. The summed E-state index contributed by atoms with van der Waals surface area (Å²) < 4.78 is 0. The number of carbonyl (C=O) groups is 1. The van der Waals surface area contributed by atoms with Crippen LogP contribution in [0.25, 0.3) is 0 Å². The molecule has 1 amide bonds. The number of hydrogen-bond donors (Lipinski definition) is 4. The van der Waals surface area contributed by atoms with Crippen molar-refractivity contribution < 1.29 is 4.79 Å². The van der Waals surface area contributed by atoms with Crippen molar-refractivity contribution in [2.75, 3.05) is 6.26 Å². The molecule has 0 saturated heterocycles. The highest BCUT2D eigenvalue weighted by Crippen LogP contribution is 2.17. The number of nitrogens with one attached hydrogen (secondary N) is 4. The first kappa shape index (κ1) is 16.8. The fourth-order valence-electron chi connectivity index (χ4n) is 2.29. The Hall–Kier alpha value is -1.61. The molecule has 1 aliphatic rings. The van der Waals surface area contributed by atoms with E-state index >= 15 is 0 Å². The van der Waals surface area contributed by atoms with Crippen molar-refractivity contribution >= 4 is 35.0 Å². The quantitative estimate of drug-likeness (QED) is 0.281. The maximum atomic E-state index is 12.0. The van der Waals surface area contributed by atoms with Gasteiger partial charge in [0.25, 0.3) is 11.5 Å². The molecule has 4 N–H and O–H groups in total. The number of hydrazine groups is 1. The van der Waals surface area contributed by atoms with E-state index < -0.39 is 5.91 Å². The minimum absolute atomic E-state index is 0.0427. The molecule has 0 atom stereocenters. The van der Waals surface area contributed by atoms with Gasteiger partial charge in [-0.3, -0.25) is 20.4 Å². The predicted molar refractivity (Wildman–Crippen MR) is 89.8 cm³/mol. The van der Waals surface area contributed by atoms with Crippen LogP contribution >= 0.6 is 24.0 Å². The van der Waals surface area contributed by atoms with E-state index in [1.54, 1.807) is 6.26 Å². The van der Waals surface area contributed by atoms with Crippen molar-refractivity contribution in [3.8, 4) is 0 Å². The standard InChI is InChI=1S/C13H19N5O2S2/c1-22-13-15-9(7-10(19)16-13)11(20)17-18-12(21)14-8-5-3-2-4-6-8/h7-8H,2-6H2,1H3,(H,17,20)(H2,14,18,21)(H,15,16,19). The number of hydrogen-bond acceptors (Lipinski definition) is 5. The highest BCUT2D eigenvalue weighted by molar-refractivity contribution is 7.98. The first-order valence-corrected chi connectivity index (χ1v) is 8.74. The average Bonchev–Trinajstić information content (AvgIpc) is 2.53. The van der Waals surface area contributed by atoms with Crippen molar-refractivity contribution in [3.05, 3.63) is 22.1 Å². The van der Waals surface area contributed by atoms with E-state index in [4.69, 9.17) is 12.2 Å². The van der Waals surface area contributed by atoms with Gasteiger partial charge in [0.2, 0.25) is 0 Å². The van der Waals surface area contributed by atoms with Crippen molar-refractivity contribution in [3.63, 3.8) is 0 Å². The third kappa shape index (κ3) is 4.99. The van der Waals surface area contributed by atoms with Crippen LogP contribution in [0, 0.1) is 0 Å². The molecule has 120 valence electrons. The lowest BCUT2D eigenvalue weighted by Gasteiger charge is -2.24. The third-order valence-electron chi connectivity index (χ3n) is 3.38. The van der Waals surface area contributed by atoms with Crippen molar-refractivity contribution in [1.29, 1.82) is 0 Å². The summed E-state index contributed by atoms with van der Waals surface area (Å²) in [5, 5.41) is 3.93. The van der Waals surface area contributed by atoms with Gasteiger partial charge in [-0.1, -0.05) is 31.0 Å². The van der Waals surface area contributed by atoms with E-state index in [0.29, 0.717) is 16.3 Å². The number of amides is 1. The summed E-state index contributed by atoms with van der Waals surface area (Å²) in [5.74, 6) is -0.505. The molecule has 0 bridgehead atoms. The number of carbonyl (C=O) groups excluding carboxylic acids is 1. The first-order valence-electron chi connectivity index (χ1n) is 7.10. The van der Waals surface area contributed by atoms with Crippen LogP contribution in [0.2, 0.25) is 0 Å². The van der Waals surface area contributed by atoms with E-state index in [0.717, 1.165) is 18.9 Å². The molecule has 1 aliphatic carbocycles. The van der Waals surface area contributed by atoms with Crippen molar-refractivity contribution in [2.45, 2.75) is 43.3 Å². The molecule has 0 unspecified atom stereocenters. The molecule has 1 fully saturated rings. The summed E-state index contributed by atoms with van der Waals surface area (Å²) in [5.41, 5.74) is 4.77. The smallest absolute Gasteiger partial charge is 0.288 e. The van der Waals surface area contributed by atoms with Crippen LogP contribution in [-0.2, 0) is 0 Å². The lowest BCUT2D eigenvalue weighted by molar-refractivity contribution is 0.0937. The molecule has 0 aromatic carbocycles. The van der Waals surface area contributed by atoms with E-state index in [2.05, 4.69) is 26.1 Å². The second-order valence-electron chi connectivity index (χ2n) is 5.03. The molecular weight excluding hydrogens is 322 g/mol. The summed E-state index contributed by atoms with van der Waals surface area (Å²) in [4.78, 5) is 30.0. The second-order valence-corrected chi connectivity index (χ2v) is 6.23. The molecule has 1 heterocycles. The maximum absolute atomic E-state index is 12.0. The van der Waals surface area contributed by atoms with Gasteiger partial charge in [-0.15, -0.1) is 0 Å². The van der Waals surface area contributed by atoms with Gasteiger partial charge in [0.1, 0.15) is 5.69 Å². The molecule has 0 radical (unpaired) electrons. The number of thioether (sulfide) groups is 1. The average molecular weight is 341 g/mol. The van der Waals surface area contributed by atoms with Crippen LogP contribution in [0.4, 0.5) is 0 Å². The van der Waals surface area contributed by atoms with Crippen LogP contribution < -0.4 is 21.7 Å². The Morgan fingerprint density at radius 1 is 1.36 bits per heavy atom. The molecular formula is C13H19N5O2S2. The molecule has 1 saturated carbocycles. The highest BCUT2D eigenvalue weighted by atomic mass is 32.2. The summed E-state index contributed by atoms with van der Waals surface area (Å²) >= 11 is 6.41. The van der Waals surface area contributed by atoms with E-state index in [1.807, 2.05) is 0 Å². The van der Waals surface area contributed by atoms with E-state index in [1.165, 1.54) is 31.0 Å². The van der Waals surface area contributed by atoms with Crippen LogP contribution in [-0.4, -0.2) is 33.3 Å². The molecule has 9 heteroatoms. The minimum Gasteiger partial charge on any atom is -0.359 e. The van der Waals surface area contributed by atoms with Gasteiger partial charge in [-0.05, 0) is 31.3 Å². The van der Waals surface area contributed by atoms with Crippen LogP contribution in [0.15, 0.2) is 16.0 Å². The molecule has 2 rings (SSSR count). The van der Waals surface area contributed by atoms with Crippen LogP contribution in [0.1, 0.15) is 42.6 Å². The summed E-state index contributed by atoms with van der Waals surface area (Å²) in [6, 6.07) is 1.50. The molecule has 0 aliphatic heterocycles. The monoisotopic (exact) mass is 341 g/mol. The van der Waals surface area contributed by atoms with Crippen LogP contribution in [0.3, 0.4) is 0 Å². The zero-order valence-electron chi connectivity index (χ0n) is 12.3. The Kier molecular flexibility index (Phi) is 6.20. The lowest BCUT2D eigenvalue weighted by Crippen LogP contribution is -2.50. The molecule has 1 aromatic heterocycles. The number of nitrogens with zero attached hydrogens (tertiary/aromatic N) is 1. The molecule has 1 aromatic rings. The van der Waals surface area contributed by atoms with Gasteiger partial charge < -0.3 is 10.3 Å². The minimum atomic E-state index is -0.505. The number of aromatic amines is 1. The molecule has 0 spiro atoms. The van der Waals surface area contributed by atoms with Gasteiger partial charge in [-0.25, -0.2) is 4.98 Å². The Morgan fingerprint density at radius 3 is 2.77 bits per heavy atom. The largest absolute Gasteiger partial charge is 0.359 e. The normalized spacial score (nSPS) is 15.1. The summed E-state index contributed by atoms with van der Waals surface area (Å²) in [7, 11) is 0. The van der Waals surface area contributed by atoms with Gasteiger partial charge in [-0.2, -0.15) is 0 Å². The van der Waals surface area contributed by atoms with Gasteiger partial charge in [0.05, 0.1) is 0 Å². The SMILES string of the molecule is CSc1nc(C(=O)NNC(=S)NC2CCCCC2)cc(=O)[nH]1. The number of H-pyrrole nitrogens is 1. The van der Waals surface area contributed by atoms with E-state index in [9.17, 15) is 9.59 Å². The van der Waals surface area contributed by atoms with Crippen molar-refractivity contribution in [2.24, 2.45) is 0 Å². The zero-order valence-corrected chi connectivity index (χ0v) is 13.9. The van der Waals surface area contributed by atoms with Gasteiger partial charge in [0, 0.05) is 12.1 Å². The van der Waals surface area contributed by atoms with E-state index in [-0.39, 0.29) is 11.3 Å². The molecule has 7 nitrogen and oxygen atoms in total. The number of rotatable bonds is 3. The summed E-state index contributed by atoms with van der Waals surface area (Å²) in [6.45, 7) is 0. The van der Waals surface area contributed by atoms with Gasteiger partial charge >= 0.3 is 0 Å². The topological polar surface area (TPSA) is 98.9 Å². The second kappa shape index (κ2) is 8.14. The fraction of sp³-hybridized carbons (Fsp3) is 0.538. The first-order chi connectivity index (χ1) is 10.6. The highest BCUT2D eigenvalue weighted by Gasteiger charge is 2.15. The Bertz CT molecular complexity index is 598. The third-order valence-corrected chi connectivity index (χ3v) is 4.18. The maximum Gasteiger partial charge on any atom is 0.288 e. The van der Waals surface area contributed by atoms with Crippen molar-refractivity contribution in [1.82, 2.24) is 26.1 Å². The Balaban J connectivity index is 1.85. The molecule has 22 heavy (non-hydrogen) atoms. The predicted octanol–water partition coefficient (Wildman–Crippen LogP) is 0.933. The van der Waals surface area contributed by atoms with Gasteiger partial charge in [0.15, 0.2) is 10.3 Å². The Labute approximate surface area is 138 Å². The number of aromatic nitrogens is 2. The summed E-state index contributed by atoms with van der Waals surface area (Å²) in [6.07, 6.45) is 7.59.